The van der Waals surface area contributed by atoms with Gasteiger partial charge < -0.3 is 19.0 Å². The topological polar surface area (TPSA) is 87.9 Å². The molecule has 2 rings (SSSR count). The predicted molar refractivity (Wildman–Crippen MR) is 110 cm³/mol. The maximum absolute atomic E-state index is 13.7. The number of sulfone groups is 1. The average Bonchev–Trinajstić information content (AvgIpc) is 2.63. The molecule has 6 nitrogen and oxygen atoms in total. The van der Waals surface area contributed by atoms with Crippen LogP contribution < -0.4 is 5.73 Å². The molecule has 2 aromatic rings. The van der Waals surface area contributed by atoms with Crippen molar-refractivity contribution in [2.24, 2.45) is 0 Å². The largest absolute Gasteiger partial charge is 0.520 e. The van der Waals surface area contributed by atoms with Crippen molar-refractivity contribution in [2.45, 2.75) is 43.9 Å². The van der Waals surface area contributed by atoms with Gasteiger partial charge in [-0.1, -0.05) is 31.2 Å². The third kappa shape index (κ3) is 4.19. The first-order valence-electron chi connectivity index (χ1n) is 9.30. The van der Waals surface area contributed by atoms with Gasteiger partial charge in [-0.3, -0.25) is 0 Å². The van der Waals surface area contributed by atoms with Gasteiger partial charge >= 0.3 is 8.80 Å². The van der Waals surface area contributed by atoms with Crippen molar-refractivity contribution >= 4 is 35.1 Å². The number of nitrogen functional groups attached to an aromatic ring is 1. The average molecular weight is 412 g/mol. The molecule has 0 amide bonds. The molecular formula is C19H29NO5SSi. The minimum atomic E-state index is -3.79. The second-order valence-corrected chi connectivity index (χ2v) is 11.3. The Morgan fingerprint density at radius 1 is 0.889 bits per heavy atom. The van der Waals surface area contributed by atoms with Crippen LogP contribution in [0.5, 0.6) is 0 Å². The van der Waals surface area contributed by atoms with Crippen molar-refractivity contribution < 1.29 is 21.7 Å². The van der Waals surface area contributed by atoms with E-state index in [1.54, 1.807) is 24.3 Å². The molecule has 1 unspecified atom stereocenters. The Balaban J connectivity index is 2.69. The van der Waals surface area contributed by atoms with Crippen molar-refractivity contribution in [3.8, 4) is 0 Å². The van der Waals surface area contributed by atoms with E-state index in [1.807, 2.05) is 39.8 Å². The Labute approximate surface area is 162 Å². The molecule has 0 aliphatic rings. The highest BCUT2D eigenvalue weighted by atomic mass is 32.2. The number of benzene rings is 2. The number of hydrogen-bond acceptors (Lipinski definition) is 6. The van der Waals surface area contributed by atoms with E-state index in [-0.39, 0.29) is 4.90 Å². The lowest BCUT2D eigenvalue weighted by molar-refractivity contribution is 0.0684. The Kier molecular flexibility index (Phi) is 7.41. The lowest BCUT2D eigenvalue weighted by atomic mass is 10.1. The minimum absolute atomic E-state index is 0.232. The number of rotatable bonds is 10. The van der Waals surface area contributed by atoms with E-state index in [1.165, 1.54) is 0 Å². The quantitative estimate of drug-likeness (QED) is 0.475. The molecule has 1 atom stereocenters. The summed E-state index contributed by atoms with van der Waals surface area (Å²) in [7, 11) is -7.25. The highest BCUT2D eigenvalue weighted by Crippen LogP contribution is 2.34. The van der Waals surface area contributed by atoms with Crippen LogP contribution in [-0.2, 0) is 23.1 Å². The predicted octanol–water partition coefficient (Wildman–Crippen LogP) is 3.56. The van der Waals surface area contributed by atoms with Crippen molar-refractivity contribution in [1.82, 2.24) is 0 Å². The smallest absolute Gasteiger partial charge is 0.398 e. The zero-order chi connectivity index (χ0) is 20.1. The highest BCUT2D eigenvalue weighted by molar-refractivity contribution is 7.94. The Morgan fingerprint density at radius 3 is 1.89 bits per heavy atom. The second kappa shape index (κ2) is 9.16. The SMILES string of the molecule is CCO[Si](OCC)(OCC)C(CC)S(=O)(=O)c1ccc(N)c2ccccc12. The fourth-order valence-electron chi connectivity index (χ4n) is 3.36. The summed E-state index contributed by atoms with van der Waals surface area (Å²) in [4.78, 5) is -0.660. The molecule has 2 aromatic carbocycles. The van der Waals surface area contributed by atoms with Crippen LogP contribution in [0.15, 0.2) is 41.3 Å². The Morgan fingerprint density at radius 2 is 1.41 bits per heavy atom. The van der Waals surface area contributed by atoms with E-state index in [0.29, 0.717) is 42.7 Å². The maximum Gasteiger partial charge on any atom is 0.520 e. The molecule has 0 saturated carbocycles. The van der Waals surface area contributed by atoms with Crippen LogP contribution in [0.25, 0.3) is 10.8 Å². The standard InChI is InChI=1S/C19H29NO5SSi/c1-5-19(27(23-6-2,24-7-3)25-8-4)26(21,22)18-14-13-17(20)15-11-9-10-12-16(15)18/h9-14,19H,5-8,20H2,1-4H3. The molecule has 0 saturated heterocycles. The van der Waals surface area contributed by atoms with Crippen molar-refractivity contribution in [1.29, 1.82) is 0 Å². The molecule has 0 aliphatic carbocycles. The van der Waals surface area contributed by atoms with Gasteiger partial charge in [-0.25, -0.2) is 8.42 Å². The van der Waals surface area contributed by atoms with E-state index >= 15 is 0 Å². The van der Waals surface area contributed by atoms with Crippen molar-refractivity contribution in [3.05, 3.63) is 36.4 Å². The van der Waals surface area contributed by atoms with E-state index in [9.17, 15) is 8.42 Å². The summed E-state index contributed by atoms with van der Waals surface area (Å²) in [6, 6.07) is 10.4. The van der Waals surface area contributed by atoms with E-state index in [0.717, 1.165) is 0 Å². The van der Waals surface area contributed by atoms with Crippen LogP contribution in [-0.4, -0.2) is 41.9 Å². The molecular weight excluding hydrogens is 382 g/mol. The summed E-state index contributed by atoms with van der Waals surface area (Å²) in [6.45, 7) is 8.23. The molecule has 0 bridgehead atoms. The molecule has 0 spiro atoms. The fourth-order valence-corrected chi connectivity index (χ4v) is 9.88. The first-order valence-corrected chi connectivity index (χ1v) is 12.7. The zero-order valence-electron chi connectivity index (χ0n) is 16.4. The molecule has 0 radical (unpaired) electrons. The van der Waals surface area contributed by atoms with Crippen molar-refractivity contribution in [2.75, 3.05) is 25.6 Å². The van der Waals surface area contributed by atoms with Crippen LogP contribution in [0.4, 0.5) is 5.69 Å². The van der Waals surface area contributed by atoms with Gasteiger partial charge in [0.25, 0.3) is 0 Å². The van der Waals surface area contributed by atoms with Gasteiger partial charge in [0.15, 0.2) is 9.84 Å². The molecule has 0 fully saturated rings. The van der Waals surface area contributed by atoms with E-state index < -0.39 is 23.5 Å². The molecule has 0 aliphatic heterocycles. The summed E-state index contributed by atoms with van der Waals surface area (Å²) in [5, 5.41) is 1.31. The van der Waals surface area contributed by atoms with E-state index in [2.05, 4.69) is 0 Å². The third-order valence-electron chi connectivity index (χ3n) is 4.40. The third-order valence-corrected chi connectivity index (χ3v) is 11.5. The van der Waals surface area contributed by atoms with Gasteiger partial charge in [-0.05, 0) is 39.3 Å². The molecule has 0 heterocycles. The lowest BCUT2D eigenvalue weighted by Crippen LogP contribution is -2.59. The molecule has 2 N–H and O–H groups in total. The Bertz CT molecular complexity index is 855. The molecule has 8 heteroatoms. The first kappa shape index (κ1) is 21.8. The normalized spacial score (nSPS) is 13.8. The monoisotopic (exact) mass is 411 g/mol. The number of anilines is 1. The van der Waals surface area contributed by atoms with Crippen LogP contribution in [0, 0.1) is 0 Å². The van der Waals surface area contributed by atoms with Gasteiger partial charge in [0.05, 0.1) is 4.90 Å². The van der Waals surface area contributed by atoms with E-state index in [4.69, 9.17) is 19.0 Å². The van der Waals surface area contributed by atoms with Crippen LogP contribution in [0.2, 0.25) is 0 Å². The zero-order valence-corrected chi connectivity index (χ0v) is 18.2. The number of hydrogen-bond donors (Lipinski definition) is 1. The minimum Gasteiger partial charge on any atom is -0.398 e. The highest BCUT2D eigenvalue weighted by Gasteiger charge is 2.55. The number of fused-ring (bicyclic) bond motifs is 1. The summed E-state index contributed by atoms with van der Waals surface area (Å²) in [5.41, 5.74) is 6.59. The molecule has 0 aromatic heterocycles. The van der Waals surface area contributed by atoms with Gasteiger partial charge in [0.2, 0.25) is 0 Å². The van der Waals surface area contributed by atoms with Crippen LogP contribution in [0.1, 0.15) is 34.1 Å². The van der Waals surface area contributed by atoms with Gasteiger partial charge in [0.1, 0.15) is 4.87 Å². The summed E-state index contributed by atoms with van der Waals surface area (Å²) < 4.78 is 45.1. The summed E-state index contributed by atoms with van der Waals surface area (Å²) in [6.07, 6.45) is 0.327. The first-order chi connectivity index (χ1) is 12.9. The van der Waals surface area contributed by atoms with Gasteiger partial charge in [-0.15, -0.1) is 0 Å². The fraction of sp³-hybridized carbons (Fsp3) is 0.474. The molecule has 27 heavy (non-hydrogen) atoms. The van der Waals surface area contributed by atoms with Crippen LogP contribution >= 0.6 is 0 Å². The van der Waals surface area contributed by atoms with Crippen LogP contribution in [0.3, 0.4) is 0 Å². The Hall–Kier alpha value is -1.45. The second-order valence-electron chi connectivity index (χ2n) is 6.04. The van der Waals surface area contributed by atoms with Gasteiger partial charge in [0, 0.05) is 36.3 Å². The maximum atomic E-state index is 13.7. The molecule has 150 valence electrons. The lowest BCUT2D eigenvalue weighted by Gasteiger charge is -2.34. The van der Waals surface area contributed by atoms with Gasteiger partial charge in [-0.2, -0.15) is 0 Å². The summed E-state index contributed by atoms with van der Waals surface area (Å²) in [5.74, 6) is 0. The summed E-state index contributed by atoms with van der Waals surface area (Å²) >= 11 is 0. The number of nitrogens with two attached hydrogens (primary N) is 1. The van der Waals surface area contributed by atoms with Crippen molar-refractivity contribution in [3.63, 3.8) is 0 Å².